The van der Waals surface area contributed by atoms with Gasteiger partial charge in [-0.25, -0.2) is 0 Å². The van der Waals surface area contributed by atoms with E-state index in [0.29, 0.717) is 17.6 Å². The summed E-state index contributed by atoms with van der Waals surface area (Å²) in [5.74, 6) is 2.11. The number of rotatable bonds is 7. The van der Waals surface area contributed by atoms with Gasteiger partial charge in [0.1, 0.15) is 5.75 Å². The molecule has 0 heterocycles. The van der Waals surface area contributed by atoms with E-state index in [1.807, 2.05) is 54.7 Å². The van der Waals surface area contributed by atoms with Crippen LogP contribution < -0.4 is 4.74 Å². The minimum absolute atomic E-state index is 0.162. The maximum atomic E-state index is 12.9. The number of nitrogens with zero attached hydrogens (tertiary/aromatic N) is 1. The van der Waals surface area contributed by atoms with Crippen LogP contribution in [-0.2, 0) is 4.79 Å². The van der Waals surface area contributed by atoms with Gasteiger partial charge in [0.15, 0.2) is 5.78 Å². The topological polar surface area (TPSA) is 38.7 Å². The maximum absolute atomic E-state index is 12.9. The van der Waals surface area contributed by atoms with Gasteiger partial charge >= 0.3 is 0 Å². The number of aliphatic imine (C=N–C) groups is 1. The largest absolute Gasteiger partial charge is 0.494 e. The third kappa shape index (κ3) is 5.69. The molecule has 0 bridgehead atoms. The molecule has 3 rings (SSSR count). The Morgan fingerprint density at radius 2 is 1.70 bits per heavy atom. The van der Waals surface area contributed by atoms with E-state index in [-0.39, 0.29) is 5.92 Å². The number of Topliss-reactive ketones (excluding diaryl/α,β-unsaturated/α-hetero) is 1. The van der Waals surface area contributed by atoms with Crippen molar-refractivity contribution in [1.29, 1.82) is 0 Å². The minimum atomic E-state index is 0.162. The van der Waals surface area contributed by atoms with Crippen LogP contribution in [0, 0.1) is 17.8 Å². The zero-order valence-electron chi connectivity index (χ0n) is 18.6. The number of hydrogen-bond acceptors (Lipinski definition) is 3. The monoisotopic (exact) mass is 403 g/mol. The van der Waals surface area contributed by atoms with Crippen LogP contribution in [0.2, 0.25) is 0 Å². The van der Waals surface area contributed by atoms with Crippen LogP contribution in [0.5, 0.6) is 5.75 Å². The summed E-state index contributed by atoms with van der Waals surface area (Å²) in [5.41, 5.74) is 3.96. The second-order valence-corrected chi connectivity index (χ2v) is 8.56. The average Bonchev–Trinajstić information content (AvgIpc) is 2.75. The molecule has 2 aromatic carbocycles. The van der Waals surface area contributed by atoms with Gasteiger partial charge < -0.3 is 4.74 Å². The lowest BCUT2D eigenvalue weighted by Crippen LogP contribution is -2.30. The Balaban J connectivity index is 1.68. The van der Waals surface area contributed by atoms with Gasteiger partial charge in [0.05, 0.1) is 12.3 Å². The lowest BCUT2D eigenvalue weighted by atomic mass is 9.73. The molecule has 0 aliphatic heterocycles. The van der Waals surface area contributed by atoms with Crippen LogP contribution in [0.3, 0.4) is 0 Å². The molecular formula is C27H33NO2. The SMILES string of the molecule is CCCOc1ccc(C=Nc2ccc(C=C3C(=O)[C@H](C(C)C)CC[C@H]3C)cc2)cc1. The molecule has 1 aliphatic carbocycles. The van der Waals surface area contributed by atoms with E-state index in [2.05, 4.69) is 38.8 Å². The van der Waals surface area contributed by atoms with Gasteiger partial charge in [-0.3, -0.25) is 9.79 Å². The van der Waals surface area contributed by atoms with Crippen LogP contribution >= 0.6 is 0 Å². The van der Waals surface area contributed by atoms with Crippen molar-refractivity contribution in [2.24, 2.45) is 22.7 Å². The quantitative estimate of drug-likeness (QED) is 0.373. The second kappa shape index (κ2) is 10.4. The van der Waals surface area contributed by atoms with Gasteiger partial charge in [0, 0.05) is 12.1 Å². The summed E-state index contributed by atoms with van der Waals surface area (Å²) in [6, 6.07) is 16.0. The molecule has 1 fully saturated rings. The first kappa shape index (κ1) is 22.0. The van der Waals surface area contributed by atoms with Crippen LogP contribution in [0.4, 0.5) is 5.69 Å². The van der Waals surface area contributed by atoms with Crippen LogP contribution in [0.25, 0.3) is 6.08 Å². The van der Waals surface area contributed by atoms with Crippen molar-refractivity contribution in [3.63, 3.8) is 0 Å². The van der Waals surface area contributed by atoms with E-state index < -0.39 is 0 Å². The van der Waals surface area contributed by atoms with Gasteiger partial charge in [-0.1, -0.05) is 39.8 Å². The average molecular weight is 404 g/mol. The number of carbonyl (C=O) groups is 1. The normalized spacial score (nSPS) is 21.0. The lowest BCUT2D eigenvalue weighted by Gasteiger charge is -2.30. The van der Waals surface area contributed by atoms with Crippen molar-refractivity contribution < 1.29 is 9.53 Å². The zero-order chi connectivity index (χ0) is 21.5. The second-order valence-electron chi connectivity index (χ2n) is 8.56. The molecule has 158 valence electrons. The summed E-state index contributed by atoms with van der Waals surface area (Å²) < 4.78 is 5.61. The van der Waals surface area contributed by atoms with E-state index in [1.165, 1.54) is 0 Å². The van der Waals surface area contributed by atoms with Gasteiger partial charge in [0.2, 0.25) is 0 Å². The van der Waals surface area contributed by atoms with Crippen molar-refractivity contribution >= 4 is 23.8 Å². The highest BCUT2D eigenvalue weighted by Gasteiger charge is 2.32. The van der Waals surface area contributed by atoms with Crippen molar-refractivity contribution in [2.45, 2.75) is 47.0 Å². The Morgan fingerprint density at radius 1 is 1.03 bits per heavy atom. The zero-order valence-corrected chi connectivity index (χ0v) is 18.6. The predicted octanol–water partition coefficient (Wildman–Crippen LogP) is 6.88. The first-order chi connectivity index (χ1) is 14.5. The smallest absolute Gasteiger partial charge is 0.162 e. The molecule has 2 atom stereocenters. The summed E-state index contributed by atoms with van der Waals surface area (Å²) in [7, 11) is 0. The van der Waals surface area contributed by atoms with Gasteiger partial charge in [-0.05, 0) is 90.3 Å². The number of ketones is 1. The first-order valence-corrected chi connectivity index (χ1v) is 11.1. The minimum Gasteiger partial charge on any atom is -0.494 e. The van der Waals surface area contributed by atoms with Gasteiger partial charge in [0.25, 0.3) is 0 Å². The molecule has 3 heteroatoms. The summed E-state index contributed by atoms with van der Waals surface area (Å²) >= 11 is 0. The third-order valence-electron chi connectivity index (χ3n) is 5.80. The van der Waals surface area contributed by atoms with E-state index in [1.54, 1.807) is 0 Å². The van der Waals surface area contributed by atoms with Gasteiger partial charge in [-0.15, -0.1) is 0 Å². The molecule has 0 spiro atoms. The third-order valence-corrected chi connectivity index (χ3v) is 5.80. The van der Waals surface area contributed by atoms with Crippen molar-refractivity contribution in [3.05, 3.63) is 65.2 Å². The Hall–Kier alpha value is -2.68. The molecule has 0 unspecified atom stereocenters. The van der Waals surface area contributed by atoms with Crippen LogP contribution in [0.15, 0.2) is 59.1 Å². The molecule has 1 aliphatic rings. The number of allylic oxidation sites excluding steroid dienone is 1. The molecule has 0 amide bonds. The fraction of sp³-hybridized carbons (Fsp3) is 0.407. The highest BCUT2D eigenvalue weighted by atomic mass is 16.5. The summed E-state index contributed by atoms with van der Waals surface area (Å²) in [6.07, 6.45) is 7.03. The number of carbonyl (C=O) groups excluding carboxylic acids is 1. The van der Waals surface area contributed by atoms with E-state index in [0.717, 1.165) is 54.0 Å². The van der Waals surface area contributed by atoms with Crippen molar-refractivity contribution in [3.8, 4) is 5.75 Å². The first-order valence-electron chi connectivity index (χ1n) is 11.1. The molecule has 1 saturated carbocycles. The fourth-order valence-corrected chi connectivity index (χ4v) is 3.88. The molecule has 0 radical (unpaired) electrons. The number of ether oxygens (including phenoxy) is 1. The predicted molar refractivity (Wildman–Crippen MR) is 126 cm³/mol. The molecule has 2 aromatic rings. The Bertz CT molecular complexity index is 891. The molecule has 0 aromatic heterocycles. The summed E-state index contributed by atoms with van der Waals surface area (Å²) in [6.45, 7) is 9.29. The molecule has 30 heavy (non-hydrogen) atoms. The van der Waals surface area contributed by atoms with Crippen molar-refractivity contribution in [2.75, 3.05) is 6.61 Å². The molecule has 0 saturated heterocycles. The standard InChI is InChI=1S/C27H33NO2/c1-5-16-30-24-13-9-22(10-14-24)18-28-23-11-7-21(8-12-23)17-26-20(4)6-15-25(19(2)3)27(26)29/h7-14,17-20,25H,5-6,15-16H2,1-4H3/t20-,25+/m1/s1. The Labute approximate surface area is 180 Å². The molecule has 0 N–H and O–H groups in total. The van der Waals surface area contributed by atoms with E-state index >= 15 is 0 Å². The fourth-order valence-electron chi connectivity index (χ4n) is 3.88. The highest BCUT2D eigenvalue weighted by molar-refractivity contribution is 6.02. The molecular weight excluding hydrogens is 370 g/mol. The number of hydrogen-bond donors (Lipinski definition) is 0. The maximum Gasteiger partial charge on any atom is 0.162 e. The Morgan fingerprint density at radius 3 is 2.33 bits per heavy atom. The van der Waals surface area contributed by atoms with Gasteiger partial charge in [-0.2, -0.15) is 0 Å². The lowest BCUT2D eigenvalue weighted by molar-refractivity contribution is -0.122. The van der Waals surface area contributed by atoms with Crippen LogP contribution in [-0.4, -0.2) is 18.6 Å². The van der Waals surface area contributed by atoms with E-state index in [4.69, 9.17) is 4.74 Å². The van der Waals surface area contributed by atoms with E-state index in [9.17, 15) is 4.79 Å². The summed E-state index contributed by atoms with van der Waals surface area (Å²) in [5, 5.41) is 0. The van der Waals surface area contributed by atoms with Crippen molar-refractivity contribution in [1.82, 2.24) is 0 Å². The summed E-state index contributed by atoms with van der Waals surface area (Å²) in [4.78, 5) is 17.5. The molecule has 3 nitrogen and oxygen atoms in total. The number of benzene rings is 2. The Kier molecular flexibility index (Phi) is 7.62. The highest BCUT2D eigenvalue weighted by Crippen LogP contribution is 2.35. The van der Waals surface area contributed by atoms with Crippen LogP contribution in [0.1, 0.15) is 58.1 Å².